The van der Waals surface area contributed by atoms with Crippen LogP contribution in [-0.2, 0) is 6.18 Å². The molecule has 31 heavy (non-hydrogen) atoms. The molecule has 0 bridgehead atoms. The number of halogens is 3. The molecule has 1 fully saturated rings. The van der Waals surface area contributed by atoms with E-state index in [-0.39, 0.29) is 29.1 Å². The molecule has 8 heteroatoms. The number of alkyl halides is 3. The number of hydrogen-bond acceptors (Lipinski definition) is 5. The van der Waals surface area contributed by atoms with Crippen LogP contribution in [0.1, 0.15) is 43.7 Å². The number of aliphatic imine (C=N–C) groups is 1. The fourth-order valence-electron chi connectivity index (χ4n) is 3.19. The summed E-state index contributed by atoms with van der Waals surface area (Å²) in [5.74, 6) is 0.124. The van der Waals surface area contributed by atoms with Crippen molar-refractivity contribution in [2.45, 2.75) is 51.8 Å². The summed E-state index contributed by atoms with van der Waals surface area (Å²) in [5.41, 5.74) is 1.79. The summed E-state index contributed by atoms with van der Waals surface area (Å²) in [6.45, 7) is 3.94. The fraction of sp³-hybridized carbons (Fsp3) is 0.348. The molecule has 4 rings (SSSR count). The van der Waals surface area contributed by atoms with Crippen molar-refractivity contribution in [1.29, 1.82) is 0 Å². The number of benzene rings is 2. The van der Waals surface area contributed by atoms with Gasteiger partial charge < -0.3 is 9.26 Å². The Morgan fingerprint density at radius 3 is 2.61 bits per heavy atom. The number of nitrogens with zero attached hydrogens (tertiary/aromatic N) is 3. The minimum atomic E-state index is -4.55. The second kappa shape index (κ2) is 8.53. The molecule has 1 aromatic heterocycles. The Kier molecular flexibility index (Phi) is 5.80. The molecule has 0 spiro atoms. The van der Waals surface area contributed by atoms with Gasteiger partial charge in [-0.15, -0.1) is 0 Å². The van der Waals surface area contributed by atoms with Crippen molar-refractivity contribution < 1.29 is 22.4 Å². The zero-order chi connectivity index (χ0) is 22.0. The molecule has 0 radical (unpaired) electrons. The summed E-state index contributed by atoms with van der Waals surface area (Å²) in [4.78, 5) is 8.71. The zero-order valence-corrected chi connectivity index (χ0v) is 17.2. The van der Waals surface area contributed by atoms with E-state index in [9.17, 15) is 13.2 Å². The van der Waals surface area contributed by atoms with E-state index < -0.39 is 11.7 Å². The first-order chi connectivity index (χ1) is 14.8. The van der Waals surface area contributed by atoms with Crippen molar-refractivity contribution in [1.82, 2.24) is 10.1 Å². The monoisotopic (exact) mass is 429 g/mol. The highest BCUT2D eigenvalue weighted by Crippen LogP contribution is 2.40. The predicted molar refractivity (Wildman–Crippen MR) is 112 cm³/mol. The van der Waals surface area contributed by atoms with Crippen molar-refractivity contribution in [3.63, 3.8) is 0 Å². The minimum Gasteiger partial charge on any atom is -0.490 e. The van der Waals surface area contributed by atoms with E-state index in [1.165, 1.54) is 12.1 Å². The van der Waals surface area contributed by atoms with Gasteiger partial charge >= 0.3 is 6.18 Å². The first-order valence-electron chi connectivity index (χ1n) is 10.2. The van der Waals surface area contributed by atoms with Crippen LogP contribution in [0.2, 0.25) is 0 Å². The average molecular weight is 429 g/mol. The molecule has 0 N–H and O–H groups in total. The van der Waals surface area contributed by atoms with E-state index in [0.717, 1.165) is 43.0 Å². The van der Waals surface area contributed by atoms with Gasteiger partial charge in [-0.3, -0.25) is 4.99 Å². The molecule has 162 valence electrons. The molecule has 3 aromatic rings. The Morgan fingerprint density at radius 1 is 1.16 bits per heavy atom. The Bertz CT molecular complexity index is 1100. The van der Waals surface area contributed by atoms with Gasteiger partial charge in [-0.1, -0.05) is 24.2 Å². The van der Waals surface area contributed by atoms with Gasteiger partial charge in [0.15, 0.2) is 0 Å². The highest BCUT2D eigenvalue weighted by molar-refractivity contribution is 5.70. The third-order valence-electron chi connectivity index (χ3n) is 5.18. The molecule has 0 amide bonds. The van der Waals surface area contributed by atoms with Crippen LogP contribution < -0.4 is 4.74 Å². The summed E-state index contributed by atoms with van der Waals surface area (Å²) >= 11 is 0. The molecule has 5 nitrogen and oxygen atoms in total. The standard InChI is InChI=1S/C23H22F3N3O2/c1-3-11-27-19-13-15(8-7-14(19)2)21-28-22(31-29-21)16-9-10-20(30-17-5-4-6-17)18(12-16)23(24,25)26/h7-13,17H,3-6H2,1-2H3. The SMILES string of the molecule is CCC=Nc1cc(-c2noc(-c3ccc(OC4CCC4)c(C(F)(F)F)c3)n2)ccc1C. The lowest BCUT2D eigenvalue weighted by Gasteiger charge is -2.27. The average Bonchev–Trinajstić information content (AvgIpc) is 3.19. The quantitative estimate of drug-likeness (QED) is 0.406. The molecule has 1 heterocycles. The zero-order valence-electron chi connectivity index (χ0n) is 17.2. The molecular weight excluding hydrogens is 407 g/mol. The van der Waals surface area contributed by atoms with Crippen LogP contribution in [0.3, 0.4) is 0 Å². The van der Waals surface area contributed by atoms with Crippen molar-refractivity contribution >= 4 is 11.9 Å². The van der Waals surface area contributed by atoms with E-state index in [2.05, 4.69) is 15.1 Å². The Hall–Kier alpha value is -3.16. The minimum absolute atomic E-state index is 0.00915. The smallest absolute Gasteiger partial charge is 0.419 e. The maximum absolute atomic E-state index is 13.6. The van der Waals surface area contributed by atoms with Crippen LogP contribution in [0.15, 0.2) is 45.9 Å². The molecule has 0 saturated heterocycles. The summed E-state index contributed by atoms with van der Waals surface area (Å²) in [6.07, 6.45) is 0.408. The summed E-state index contributed by atoms with van der Waals surface area (Å²) < 4.78 is 51.6. The molecule has 1 aliphatic rings. The van der Waals surface area contributed by atoms with Gasteiger partial charge in [-0.05, 0) is 62.4 Å². The Balaban J connectivity index is 1.65. The van der Waals surface area contributed by atoms with Crippen LogP contribution in [-0.4, -0.2) is 22.5 Å². The lowest BCUT2D eigenvalue weighted by molar-refractivity contribution is -0.139. The highest BCUT2D eigenvalue weighted by Gasteiger charge is 2.36. The van der Waals surface area contributed by atoms with Gasteiger partial charge in [0.25, 0.3) is 5.89 Å². The van der Waals surface area contributed by atoms with E-state index in [4.69, 9.17) is 9.26 Å². The van der Waals surface area contributed by atoms with E-state index in [1.54, 1.807) is 6.21 Å². The van der Waals surface area contributed by atoms with Crippen LogP contribution in [0.5, 0.6) is 5.75 Å². The van der Waals surface area contributed by atoms with E-state index in [1.807, 2.05) is 32.0 Å². The van der Waals surface area contributed by atoms with Gasteiger partial charge in [0.1, 0.15) is 5.75 Å². The molecule has 0 aliphatic heterocycles. The van der Waals surface area contributed by atoms with Gasteiger partial charge in [-0.25, -0.2) is 0 Å². The number of rotatable bonds is 6. The third kappa shape index (κ3) is 4.62. The van der Waals surface area contributed by atoms with Crippen molar-refractivity contribution in [3.8, 4) is 28.6 Å². The first-order valence-corrected chi connectivity index (χ1v) is 10.2. The van der Waals surface area contributed by atoms with Crippen LogP contribution >= 0.6 is 0 Å². The van der Waals surface area contributed by atoms with Crippen LogP contribution in [0.25, 0.3) is 22.8 Å². The van der Waals surface area contributed by atoms with Crippen LogP contribution in [0.4, 0.5) is 18.9 Å². The molecule has 2 aromatic carbocycles. The predicted octanol–water partition coefficient (Wildman–Crippen LogP) is 6.77. The molecule has 1 aliphatic carbocycles. The second-order valence-corrected chi connectivity index (χ2v) is 7.52. The number of hydrogen-bond donors (Lipinski definition) is 0. The second-order valence-electron chi connectivity index (χ2n) is 7.52. The highest BCUT2D eigenvalue weighted by atomic mass is 19.4. The fourth-order valence-corrected chi connectivity index (χ4v) is 3.19. The number of aromatic nitrogens is 2. The summed E-state index contributed by atoms with van der Waals surface area (Å²) in [5, 5.41) is 3.95. The molecule has 1 saturated carbocycles. The van der Waals surface area contributed by atoms with Crippen molar-refractivity contribution in [2.75, 3.05) is 0 Å². The Morgan fingerprint density at radius 2 is 1.94 bits per heavy atom. The van der Waals surface area contributed by atoms with Crippen molar-refractivity contribution in [2.24, 2.45) is 4.99 Å². The lowest BCUT2D eigenvalue weighted by Crippen LogP contribution is -2.25. The van der Waals surface area contributed by atoms with Gasteiger partial charge in [-0.2, -0.15) is 18.2 Å². The van der Waals surface area contributed by atoms with Gasteiger partial charge in [0.2, 0.25) is 5.82 Å². The summed E-state index contributed by atoms with van der Waals surface area (Å²) in [7, 11) is 0. The van der Waals surface area contributed by atoms with E-state index >= 15 is 0 Å². The first kappa shape index (κ1) is 21.1. The number of ether oxygens (including phenoxy) is 1. The largest absolute Gasteiger partial charge is 0.490 e. The van der Waals surface area contributed by atoms with E-state index in [0.29, 0.717) is 5.56 Å². The maximum atomic E-state index is 13.6. The summed E-state index contributed by atoms with van der Waals surface area (Å²) in [6, 6.07) is 9.37. The maximum Gasteiger partial charge on any atom is 0.419 e. The van der Waals surface area contributed by atoms with Crippen molar-refractivity contribution in [3.05, 3.63) is 47.5 Å². The molecule has 0 unspecified atom stereocenters. The van der Waals surface area contributed by atoms with Crippen LogP contribution in [0, 0.1) is 6.92 Å². The van der Waals surface area contributed by atoms with Gasteiger partial charge in [0.05, 0.1) is 17.4 Å². The van der Waals surface area contributed by atoms with Gasteiger partial charge in [0, 0.05) is 17.3 Å². The third-order valence-corrected chi connectivity index (χ3v) is 5.18. The number of aryl methyl sites for hydroxylation is 1. The Labute approximate surface area is 178 Å². The lowest BCUT2D eigenvalue weighted by atomic mass is 9.96. The molecule has 0 atom stereocenters. The molecular formula is C23H22F3N3O2. The topological polar surface area (TPSA) is 60.5 Å². The normalized spacial score (nSPS) is 14.7.